The Kier molecular flexibility index (Phi) is 5.31. The lowest BCUT2D eigenvalue weighted by molar-refractivity contribution is 0.294. The predicted molar refractivity (Wildman–Crippen MR) is 129 cm³/mol. The van der Waals surface area contributed by atoms with E-state index in [9.17, 15) is 0 Å². The molecule has 0 aliphatic carbocycles. The Morgan fingerprint density at radius 1 is 0.750 bits per heavy atom. The van der Waals surface area contributed by atoms with E-state index in [0.717, 1.165) is 28.1 Å². The van der Waals surface area contributed by atoms with Gasteiger partial charge in [-0.2, -0.15) is 0 Å². The third kappa shape index (κ3) is 4.06. The van der Waals surface area contributed by atoms with Crippen LogP contribution < -0.4 is 27.3 Å². The molecular weight excluding hydrogens is 396 g/mol. The van der Waals surface area contributed by atoms with Crippen LogP contribution in [0, 0.1) is 13.8 Å². The van der Waals surface area contributed by atoms with Crippen molar-refractivity contribution in [1.82, 2.24) is 26.5 Å². The van der Waals surface area contributed by atoms with E-state index < -0.39 is 0 Å². The summed E-state index contributed by atoms with van der Waals surface area (Å²) < 4.78 is 0. The minimum Gasteiger partial charge on any atom is -0.363 e. The summed E-state index contributed by atoms with van der Waals surface area (Å²) >= 11 is 0. The van der Waals surface area contributed by atoms with Gasteiger partial charge in [-0.25, -0.2) is 11.3 Å². The van der Waals surface area contributed by atoms with E-state index in [1.54, 1.807) is 5.01 Å². The number of nitrogens with two attached hydrogens (primary N) is 1. The second kappa shape index (κ2) is 8.42. The van der Waals surface area contributed by atoms with Gasteiger partial charge in [0.1, 0.15) is 12.3 Å². The Labute approximate surface area is 188 Å². The van der Waals surface area contributed by atoms with Gasteiger partial charge in [0, 0.05) is 12.4 Å². The molecule has 6 heteroatoms. The minimum atomic E-state index is -0.0851. The molecule has 6 N–H and O–H groups in total. The summed E-state index contributed by atoms with van der Waals surface area (Å²) in [6.45, 7) is 4.18. The van der Waals surface area contributed by atoms with Gasteiger partial charge in [0.25, 0.3) is 0 Å². The van der Waals surface area contributed by atoms with Crippen LogP contribution in [0.25, 0.3) is 11.4 Å². The number of hydrogen-bond acceptors (Lipinski definition) is 6. The Hall–Kier alpha value is -3.74. The molecule has 2 unspecified atom stereocenters. The fourth-order valence-electron chi connectivity index (χ4n) is 4.02. The molecule has 0 bridgehead atoms. The lowest BCUT2D eigenvalue weighted by Crippen LogP contribution is -2.44. The quantitative estimate of drug-likeness (QED) is 0.411. The summed E-state index contributed by atoms with van der Waals surface area (Å²) in [7, 11) is 0. The maximum Gasteiger partial charge on any atom is 0.139 e. The summed E-state index contributed by atoms with van der Waals surface area (Å²) in [6, 6.07) is 25.4. The van der Waals surface area contributed by atoms with Gasteiger partial charge < -0.3 is 16.1 Å². The molecule has 0 spiro atoms. The van der Waals surface area contributed by atoms with E-state index in [2.05, 4.69) is 108 Å². The van der Waals surface area contributed by atoms with Crippen LogP contribution in [0.1, 0.15) is 45.7 Å². The van der Waals surface area contributed by atoms with Crippen molar-refractivity contribution >= 4 is 11.4 Å². The fourth-order valence-corrected chi connectivity index (χ4v) is 4.02. The standard InChI is InChI=1S/C26H28N6/c1-17-6-10-19(11-7-17)25-29-23(15-28-31-25)21-4-3-5-22(14-21)24-16-32(27)26(30-24)20-12-8-18(2)9-13-20/h3-16,25-26,28-31H,27H2,1-2H3. The molecule has 3 aromatic rings. The molecule has 2 heterocycles. The van der Waals surface area contributed by atoms with Gasteiger partial charge in [-0.15, -0.1) is 0 Å². The highest BCUT2D eigenvalue weighted by Crippen LogP contribution is 2.29. The first-order valence-corrected chi connectivity index (χ1v) is 10.8. The molecule has 0 fully saturated rings. The van der Waals surface area contributed by atoms with Crippen molar-refractivity contribution in [2.75, 3.05) is 0 Å². The van der Waals surface area contributed by atoms with Gasteiger partial charge in [-0.1, -0.05) is 77.9 Å². The number of hydrogen-bond donors (Lipinski definition) is 5. The van der Waals surface area contributed by atoms with Crippen molar-refractivity contribution in [3.63, 3.8) is 0 Å². The number of benzene rings is 3. The Morgan fingerprint density at radius 3 is 2.06 bits per heavy atom. The van der Waals surface area contributed by atoms with Crippen LogP contribution in [0.5, 0.6) is 0 Å². The average Bonchev–Trinajstić information content (AvgIpc) is 3.22. The van der Waals surface area contributed by atoms with Crippen LogP contribution >= 0.6 is 0 Å². The van der Waals surface area contributed by atoms with E-state index in [1.165, 1.54) is 16.7 Å². The zero-order valence-electron chi connectivity index (χ0n) is 18.3. The summed E-state index contributed by atoms with van der Waals surface area (Å²) in [4.78, 5) is 0. The summed E-state index contributed by atoms with van der Waals surface area (Å²) in [6.07, 6.45) is 3.80. The first kappa shape index (κ1) is 20.2. The first-order valence-electron chi connectivity index (χ1n) is 10.8. The van der Waals surface area contributed by atoms with Gasteiger partial charge >= 0.3 is 0 Å². The third-order valence-corrected chi connectivity index (χ3v) is 5.90. The molecule has 162 valence electrons. The number of nitrogens with one attached hydrogen (secondary N) is 4. The SMILES string of the molecule is Cc1ccc(C2NNC=C(c3cccc(C4=CN(N)C(c5ccc(C)cc5)N4)c3)N2)cc1. The molecule has 2 atom stereocenters. The average molecular weight is 425 g/mol. The summed E-state index contributed by atoms with van der Waals surface area (Å²) in [5.41, 5.74) is 15.4. The molecule has 0 radical (unpaired) electrons. The molecule has 0 aromatic heterocycles. The lowest BCUT2D eigenvalue weighted by atomic mass is 10.0. The van der Waals surface area contributed by atoms with Crippen molar-refractivity contribution in [3.8, 4) is 0 Å². The Balaban J connectivity index is 1.34. The van der Waals surface area contributed by atoms with Gasteiger partial charge in [-0.05, 0) is 42.2 Å². The molecule has 32 heavy (non-hydrogen) atoms. The van der Waals surface area contributed by atoms with Crippen LogP contribution in [0.15, 0.2) is 85.2 Å². The van der Waals surface area contributed by atoms with Crippen LogP contribution in [-0.4, -0.2) is 5.01 Å². The van der Waals surface area contributed by atoms with Gasteiger partial charge in [0.15, 0.2) is 0 Å². The van der Waals surface area contributed by atoms with Crippen LogP contribution in [0.2, 0.25) is 0 Å². The van der Waals surface area contributed by atoms with Crippen molar-refractivity contribution < 1.29 is 0 Å². The number of aryl methyl sites for hydroxylation is 2. The van der Waals surface area contributed by atoms with E-state index >= 15 is 0 Å². The summed E-state index contributed by atoms with van der Waals surface area (Å²) in [5.74, 6) is 6.30. The fraction of sp³-hybridized carbons (Fsp3) is 0.154. The monoisotopic (exact) mass is 424 g/mol. The third-order valence-electron chi connectivity index (χ3n) is 5.90. The first-order chi connectivity index (χ1) is 15.6. The molecular formula is C26H28N6. The second-order valence-corrected chi connectivity index (χ2v) is 8.36. The molecule has 0 amide bonds. The van der Waals surface area contributed by atoms with E-state index in [0.29, 0.717) is 0 Å². The number of hydrazine groups is 2. The van der Waals surface area contributed by atoms with Gasteiger partial charge in [0.2, 0.25) is 0 Å². The highest BCUT2D eigenvalue weighted by molar-refractivity contribution is 5.72. The molecule has 0 saturated carbocycles. The smallest absolute Gasteiger partial charge is 0.139 e. The van der Waals surface area contributed by atoms with Crippen molar-refractivity contribution in [3.05, 3.63) is 119 Å². The van der Waals surface area contributed by atoms with Gasteiger partial charge in [0.05, 0.1) is 11.4 Å². The van der Waals surface area contributed by atoms with E-state index in [4.69, 9.17) is 5.84 Å². The maximum atomic E-state index is 6.30. The molecule has 2 aliphatic heterocycles. The van der Waals surface area contributed by atoms with E-state index in [1.807, 2.05) is 12.4 Å². The molecule has 2 aliphatic rings. The molecule has 6 nitrogen and oxygen atoms in total. The molecule has 3 aromatic carbocycles. The van der Waals surface area contributed by atoms with Crippen LogP contribution in [0.4, 0.5) is 0 Å². The highest BCUT2D eigenvalue weighted by Gasteiger charge is 2.24. The number of nitrogens with zero attached hydrogens (tertiary/aromatic N) is 1. The highest BCUT2D eigenvalue weighted by atomic mass is 15.5. The van der Waals surface area contributed by atoms with Crippen molar-refractivity contribution in [2.45, 2.75) is 26.2 Å². The normalized spacial score (nSPS) is 20.0. The minimum absolute atomic E-state index is 0.0199. The van der Waals surface area contributed by atoms with Gasteiger partial charge in [-0.3, -0.25) is 5.01 Å². The topological polar surface area (TPSA) is 77.4 Å². The van der Waals surface area contributed by atoms with Crippen molar-refractivity contribution in [1.29, 1.82) is 0 Å². The molecule has 0 saturated heterocycles. The van der Waals surface area contributed by atoms with Crippen LogP contribution in [-0.2, 0) is 0 Å². The zero-order chi connectivity index (χ0) is 22.1. The summed E-state index contributed by atoms with van der Waals surface area (Å²) in [5, 5.41) is 8.87. The zero-order valence-corrected chi connectivity index (χ0v) is 18.3. The predicted octanol–water partition coefficient (Wildman–Crippen LogP) is 3.77. The molecule has 5 rings (SSSR count). The second-order valence-electron chi connectivity index (χ2n) is 8.36. The Morgan fingerprint density at radius 2 is 1.38 bits per heavy atom. The lowest BCUT2D eigenvalue weighted by Gasteiger charge is -2.28. The number of rotatable bonds is 4. The van der Waals surface area contributed by atoms with Crippen LogP contribution in [0.3, 0.4) is 0 Å². The largest absolute Gasteiger partial charge is 0.363 e. The van der Waals surface area contributed by atoms with E-state index in [-0.39, 0.29) is 12.3 Å². The maximum absolute atomic E-state index is 6.30. The Bertz CT molecular complexity index is 1150. The van der Waals surface area contributed by atoms with Crippen molar-refractivity contribution in [2.24, 2.45) is 5.84 Å².